The summed E-state index contributed by atoms with van der Waals surface area (Å²) in [6.45, 7) is 3.49. The molecule has 0 spiro atoms. The molecule has 234 valence electrons. The summed E-state index contributed by atoms with van der Waals surface area (Å²) < 4.78 is 54.2. The molecule has 1 N–H and O–H groups in total. The van der Waals surface area contributed by atoms with Crippen LogP contribution in [0.4, 0.5) is 18.9 Å². The van der Waals surface area contributed by atoms with Crippen LogP contribution in [0, 0.1) is 0 Å². The lowest BCUT2D eigenvalue weighted by atomic mass is 10.0. The topological polar surface area (TPSA) is 109 Å². The first-order valence-electron chi connectivity index (χ1n) is 14.1. The molecule has 11 nitrogen and oxygen atoms in total. The fraction of sp³-hybridized carbons (Fsp3) is 0.400. The molecule has 3 aromatic rings. The number of methoxy groups -OCH3 is 1. The van der Waals surface area contributed by atoms with Gasteiger partial charge in [-0.1, -0.05) is 0 Å². The van der Waals surface area contributed by atoms with Crippen LogP contribution in [-0.2, 0) is 17.3 Å². The van der Waals surface area contributed by atoms with Gasteiger partial charge in [-0.3, -0.25) is 19.3 Å². The van der Waals surface area contributed by atoms with Crippen LogP contribution < -0.4 is 15.0 Å². The first-order chi connectivity index (χ1) is 21.0. The molecule has 0 bridgehead atoms. The van der Waals surface area contributed by atoms with E-state index < -0.39 is 23.7 Å². The zero-order chi connectivity index (χ0) is 31.6. The van der Waals surface area contributed by atoms with Crippen molar-refractivity contribution < 1.29 is 37.0 Å². The van der Waals surface area contributed by atoms with Gasteiger partial charge in [-0.05, 0) is 48.9 Å². The summed E-state index contributed by atoms with van der Waals surface area (Å²) in [4.78, 5) is 44.5. The van der Waals surface area contributed by atoms with Crippen LogP contribution in [0.2, 0.25) is 0 Å². The Morgan fingerprint density at radius 3 is 2.41 bits per heavy atom. The Bertz CT molecular complexity index is 1550. The summed E-state index contributed by atoms with van der Waals surface area (Å²) in [6, 6.07) is 10.6. The second-order valence-corrected chi connectivity index (χ2v) is 10.6. The second-order valence-electron chi connectivity index (χ2n) is 10.6. The summed E-state index contributed by atoms with van der Waals surface area (Å²) >= 11 is 0. The number of nitrogens with zero attached hydrogens (tertiary/aromatic N) is 5. The second kappa shape index (κ2) is 12.7. The average molecular weight is 615 g/mol. The van der Waals surface area contributed by atoms with Crippen LogP contribution in [0.1, 0.15) is 42.5 Å². The molecule has 5 rings (SSSR count). The average Bonchev–Trinajstić information content (AvgIpc) is 3.42. The minimum Gasteiger partial charge on any atom is -0.497 e. The molecule has 0 saturated carbocycles. The van der Waals surface area contributed by atoms with Gasteiger partial charge in [0.1, 0.15) is 11.4 Å². The van der Waals surface area contributed by atoms with Gasteiger partial charge in [0.2, 0.25) is 0 Å². The van der Waals surface area contributed by atoms with Gasteiger partial charge in [0.15, 0.2) is 5.69 Å². The molecule has 1 saturated heterocycles. The quantitative estimate of drug-likeness (QED) is 0.416. The number of nitrogens with one attached hydrogen (secondary N) is 1. The van der Waals surface area contributed by atoms with E-state index in [0.717, 1.165) is 17.8 Å². The van der Waals surface area contributed by atoms with E-state index in [4.69, 9.17) is 9.47 Å². The largest absolute Gasteiger partial charge is 0.497 e. The summed E-state index contributed by atoms with van der Waals surface area (Å²) in [5.74, 6) is -1.18. The Morgan fingerprint density at radius 2 is 1.77 bits per heavy atom. The molecule has 0 unspecified atom stereocenters. The maximum absolute atomic E-state index is 14.2. The highest BCUT2D eigenvalue weighted by molar-refractivity contribution is 6.08. The van der Waals surface area contributed by atoms with Gasteiger partial charge < -0.3 is 24.6 Å². The number of rotatable bonds is 8. The van der Waals surface area contributed by atoms with Crippen molar-refractivity contribution in [1.82, 2.24) is 24.9 Å². The number of hydrogen-bond donors (Lipinski definition) is 1. The lowest BCUT2D eigenvalue weighted by Crippen LogP contribution is -2.41. The number of anilines is 1. The number of alkyl halides is 3. The van der Waals surface area contributed by atoms with Gasteiger partial charge in [0.25, 0.3) is 17.7 Å². The highest BCUT2D eigenvalue weighted by atomic mass is 19.4. The first kappa shape index (κ1) is 31.0. The predicted molar refractivity (Wildman–Crippen MR) is 155 cm³/mol. The van der Waals surface area contributed by atoms with E-state index in [0.29, 0.717) is 43.3 Å². The van der Waals surface area contributed by atoms with Crippen molar-refractivity contribution in [3.05, 3.63) is 70.5 Å². The number of morpholine rings is 1. The Hall–Kier alpha value is -4.43. The van der Waals surface area contributed by atoms with Crippen molar-refractivity contribution in [2.75, 3.05) is 72.0 Å². The maximum Gasteiger partial charge on any atom is 0.435 e. The van der Waals surface area contributed by atoms with Crippen molar-refractivity contribution in [2.45, 2.75) is 12.6 Å². The molecule has 44 heavy (non-hydrogen) atoms. The molecular weight excluding hydrogens is 581 g/mol. The molecule has 0 aliphatic carbocycles. The van der Waals surface area contributed by atoms with Crippen molar-refractivity contribution in [3.63, 3.8) is 0 Å². The van der Waals surface area contributed by atoms with Crippen LogP contribution in [0.3, 0.4) is 0 Å². The fourth-order valence-electron chi connectivity index (χ4n) is 5.31. The zero-order valence-corrected chi connectivity index (χ0v) is 24.6. The van der Waals surface area contributed by atoms with Crippen molar-refractivity contribution >= 4 is 23.4 Å². The van der Waals surface area contributed by atoms with Gasteiger partial charge in [-0.25, -0.2) is 4.68 Å². The van der Waals surface area contributed by atoms with Crippen molar-refractivity contribution in [3.8, 4) is 11.4 Å². The van der Waals surface area contributed by atoms with Gasteiger partial charge in [0.05, 0.1) is 31.6 Å². The number of carbonyl (C=O) groups is 3. The molecule has 14 heteroatoms. The molecule has 0 radical (unpaired) electrons. The molecular formula is C30H33F3N6O5. The van der Waals surface area contributed by atoms with Gasteiger partial charge in [-0.2, -0.15) is 18.3 Å². The lowest BCUT2D eigenvalue weighted by molar-refractivity contribution is -0.141. The third-order valence-corrected chi connectivity index (χ3v) is 7.61. The first-order valence-corrected chi connectivity index (χ1v) is 14.1. The summed E-state index contributed by atoms with van der Waals surface area (Å²) in [6.07, 6.45) is -4.95. The fourth-order valence-corrected chi connectivity index (χ4v) is 5.31. The van der Waals surface area contributed by atoms with Crippen LogP contribution in [0.15, 0.2) is 42.5 Å². The highest BCUT2D eigenvalue weighted by Crippen LogP contribution is 2.38. The number of halogens is 3. The van der Waals surface area contributed by atoms with Gasteiger partial charge in [0, 0.05) is 63.6 Å². The summed E-state index contributed by atoms with van der Waals surface area (Å²) in [7, 11) is 4.64. The Morgan fingerprint density at radius 1 is 1.07 bits per heavy atom. The van der Waals surface area contributed by atoms with Crippen LogP contribution in [-0.4, -0.2) is 104 Å². The van der Waals surface area contributed by atoms with E-state index in [2.05, 4.69) is 15.3 Å². The third kappa shape index (κ3) is 6.26. The van der Waals surface area contributed by atoms with Crippen LogP contribution >= 0.6 is 0 Å². The minimum absolute atomic E-state index is 0.00169. The standard InChI is InChI=1S/C30H33F3N6O5/c1-36(2)28(41)19-4-6-20(7-5-19)38-12-10-22-25(29(38)42)39(35-26(22)30(31,32)33)24-9-8-21(43-3)18-23(24)27(40)34-11-13-37-14-16-44-17-15-37/h4-9,18H,10-17H2,1-3H3,(H,34,40). The number of carbonyl (C=O) groups excluding carboxylic acids is 3. The summed E-state index contributed by atoms with van der Waals surface area (Å²) in [5.41, 5.74) is -0.895. The lowest BCUT2D eigenvalue weighted by Gasteiger charge is -2.28. The Labute approximate surface area is 252 Å². The normalized spacial score (nSPS) is 15.6. The molecule has 2 aromatic carbocycles. The summed E-state index contributed by atoms with van der Waals surface area (Å²) in [5, 5.41) is 6.70. The van der Waals surface area contributed by atoms with Gasteiger partial charge >= 0.3 is 6.18 Å². The van der Waals surface area contributed by atoms with E-state index in [1.807, 2.05) is 0 Å². The number of fused-ring (bicyclic) bond motifs is 1. The number of aromatic nitrogens is 2. The SMILES string of the molecule is COc1ccc(-n2nc(C(F)(F)F)c3c2C(=O)N(c2ccc(C(=O)N(C)C)cc2)CC3)c(C(=O)NCCN2CCOCC2)c1. The van der Waals surface area contributed by atoms with E-state index >= 15 is 0 Å². The van der Waals surface area contributed by atoms with E-state index in [1.165, 1.54) is 35.1 Å². The van der Waals surface area contributed by atoms with Crippen LogP contribution in [0.5, 0.6) is 5.75 Å². The zero-order valence-electron chi connectivity index (χ0n) is 24.6. The Balaban J connectivity index is 1.51. The van der Waals surface area contributed by atoms with Crippen LogP contribution in [0.25, 0.3) is 5.69 Å². The highest BCUT2D eigenvalue weighted by Gasteiger charge is 2.43. The smallest absolute Gasteiger partial charge is 0.435 e. The monoisotopic (exact) mass is 614 g/mol. The maximum atomic E-state index is 14.2. The number of amides is 3. The Kier molecular flexibility index (Phi) is 8.92. The number of ether oxygens (including phenoxy) is 2. The molecule has 3 amide bonds. The van der Waals surface area contributed by atoms with Crippen molar-refractivity contribution in [1.29, 1.82) is 0 Å². The number of benzene rings is 2. The molecule has 1 fully saturated rings. The minimum atomic E-state index is -4.83. The molecule has 2 aliphatic rings. The van der Waals surface area contributed by atoms with E-state index in [-0.39, 0.29) is 41.4 Å². The molecule has 3 heterocycles. The third-order valence-electron chi connectivity index (χ3n) is 7.61. The van der Waals surface area contributed by atoms with Gasteiger partial charge in [-0.15, -0.1) is 0 Å². The predicted octanol–water partition coefficient (Wildman–Crippen LogP) is 2.87. The van der Waals surface area contributed by atoms with Crippen molar-refractivity contribution in [2.24, 2.45) is 0 Å². The van der Waals surface area contributed by atoms with E-state index in [9.17, 15) is 27.6 Å². The molecule has 2 aliphatic heterocycles. The van der Waals surface area contributed by atoms with E-state index in [1.54, 1.807) is 38.4 Å². The molecule has 1 aromatic heterocycles. The number of hydrogen-bond acceptors (Lipinski definition) is 7. The molecule has 0 atom stereocenters.